The molecule has 1 unspecified atom stereocenters. The smallest absolute Gasteiger partial charge is 0.329 e. The molecule has 0 saturated heterocycles. The van der Waals surface area contributed by atoms with Gasteiger partial charge in [-0.1, -0.05) is 31.5 Å². The van der Waals surface area contributed by atoms with Crippen LogP contribution in [0.2, 0.25) is 0 Å². The lowest BCUT2D eigenvalue weighted by Gasteiger charge is -2.25. The Kier molecular flexibility index (Phi) is 5.42. The van der Waals surface area contributed by atoms with E-state index in [1.165, 1.54) is 10.9 Å². The number of para-hydroxylation sites is 1. The first-order chi connectivity index (χ1) is 11.0. The zero-order valence-corrected chi connectivity index (χ0v) is 13.7. The van der Waals surface area contributed by atoms with Crippen molar-refractivity contribution in [3.05, 3.63) is 36.0 Å². The van der Waals surface area contributed by atoms with Crippen LogP contribution in [0, 0.1) is 0 Å². The van der Waals surface area contributed by atoms with Crippen molar-refractivity contribution >= 4 is 22.8 Å². The number of fused-ring (bicyclic) bond motifs is 1. The molecule has 0 aliphatic carbocycles. The fourth-order valence-corrected chi connectivity index (χ4v) is 2.87. The molecule has 0 fully saturated rings. The topological polar surface area (TPSA) is 82.2 Å². The number of aryl methyl sites for hydroxylation is 1. The summed E-state index contributed by atoms with van der Waals surface area (Å²) in [5.74, 6) is -1.19. The van der Waals surface area contributed by atoms with Gasteiger partial charge in [-0.2, -0.15) is 0 Å². The summed E-state index contributed by atoms with van der Waals surface area (Å²) >= 11 is 0. The van der Waals surface area contributed by atoms with E-state index in [1.54, 1.807) is 6.92 Å². The van der Waals surface area contributed by atoms with Crippen LogP contribution in [-0.4, -0.2) is 27.5 Å². The molecule has 1 amide bonds. The van der Waals surface area contributed by atoms with E-state index >= 15 is 0 Å². The highest BCUT2D eigenvalue weighted by Gasteiger charge is 2.33. The van der Waals surface area contributed by atoms with Crippen molar-refractivity contribution < 1.29 is 14.7 Å². The Hall–Kier alpha value is -2.30. The summed E-state index contributed by atoms with van der Waals surface area (Å²) in [6.45, 7) is 3.47. The Bertz CT molecular complexity index is 692. The molecule has 0 aliphatic heterocycles. The number of aromatic amines is 1. The van der Waals surface area contributed by atoms with Crippen LogP contribution in [0.25, 0.3) is 10.9 Å². The lowest BCUT2D eigenvalue weighted by atomic mass is 9.96. The Morgan fingerprint density at radius 2 is 2.04 bits per heavy atom. The second-order valence-corrected chi connectivity index (χ2v) is 6.15. The predicted octanol–water partition coefficient (Wildman–Crippen LogP) is 3.25. The number of amides is 1. The summed E-state index contributed by atoms with van der Waals surface area (Å²) in [7, 11) is 0. The van der Waals surface area contributed by atoms with Gasteiger partial charge >= 0.3 is 5.97 Å². The molecule has 0 bridgehead atoms. The third-order valence-corrected chi connectivity index (χ3v) is 4.16. The highest BCUT2D eigenvalue weighted by atomic mass is 16.4. The van der Waals surface area contributed by atoms with Crippen LogP contribution in [-0.2, 0) is 16.0 Å². The summed E-state index contributed by atoms with van der Waals surface area (Å²) < 4.78 is 0. The molecule has 0 radical (unpaired) electrons. The molecule has 3 N–H and O–H groups in total. The number of carboxylic acid groups (broad SMARTS) is 1. The molecule has 5 heteroatoms. The number of hydrogen-bond acceptors (Lipinski definition) is 2. The summed E-state index contributed by atoms with van der Waals surface area (Å²) in [4.78, 5) is 26.6. The maximum Gasteiger partial charge on any atom is 0.329 e. The fraction of sp³-hybridized carbons (Fsp3) is 0.444. The van der Waals surface area contributed by atoms with Gasteiger partial charge in [-0.15, -0.1) is 0 Å². The fourth-order valence-electron chi connectivity index (χ4n) is 2.87. The maximum atomic E-state index is 12.0. The SMILES string of the molecule is CCCC(C)(NC(=O)CCCc1c[nH]c2ccccc12)C(=O)O. The molecule has 5 nitrogen and oxygen atoms in total. The minimum absolute atomic E-state index is 0.205. The van der Waals surface area contributed by atoms with Crippen molar-refractivity contribution in [1.82, 2.24) is 10.3 Å². The zero-order chi connectivity index (χ0) is 16.9. The molecular weight excluding hydrogens is 292 g/mol. The van der Waals surface area contributed by atoms with Crippen LogP contribution in [0.15, 0.2) is 30.5 Å². The number of carbonyl (C=O) groups is 2. The Morgan fingerprint density at radius 3 is 2.74 bits per heavy atom. The average Bonchev–Trinajstić information content (AvgIpc) is 2.91. The molecule has 2 aromatic rings. The van der Waals surface area contributed by atoms with Gasteiger partial charge in [-0.25, -0.2) is 4.79 Å². The second kappa shape index (κ2) is 7.31. The first-order valence-corrected chi connectivity index (χ1v) is 8.05. The second-order valence-electron chi connectivity index (χ2n) is 6.15. The zero-order valence-electron chi connectivity index (χ0n) is 13.7. The molecule has 1 aromatic heterocycles. The number of benzene rings is 1. The number of H-pyrrole nitrogens is 1. The van der Waals surface area contributed by atoms with E-state index in [-0.39, 0.29) is 5.91 Å². The number of nitrogens with one attached hydrogen (secondary N) is 2. The predicted molar refractivity (Wildman–Crippen MR) is 90.3 cm³/mol. The standard InChI is InChI=1S/C18H24N2O3/c1-3-11-18(2,17(22)23)20-16(21)10-6-7-13-12-19-15-9-5-4-8-14(13)15/h4-5,8-9,12,19H,3,6-7,10-11H2,1-2H3,(H,20,21)(H,22,23). The monoisotopic (exact) mass is 316 g/mol. The molecule has 1 heterocycles. The van der Waals surface area contributed by atoms with Crippen LogP contribution in [0.4, 0.5) is 0 Å². The van der Waals surface area contributed by atoms with E-state index in [4.69, 9.17) is 0 Å². The van der Waals surface area contributed by atoms with Crippen LogP contribution in [0.5, 0.6) is 0 Å². The summed E-state index contributed by atoms with van der Waals surface area (Å²) in [6.07, 6.45) is 4.91. The minimum Gasteiger partial charge on any atom is -0.480 e. The van der Waals surface area contributed by atoms with E-state index in [0.717, 1.165) is 11.9 Å². The highest BCUT2D eigenvalue weighted by molar-refractivity contribution is 5.86. The number of hydrogen-bond donors (Lipinski definition) is 3. The lowest BCUT2D eigenvalue weighted by molar-refractivity contribution is -0.147. The molecule has 23 heavy (non-hydrogen) atoms. The van der Waals surface area contributed by atoms with Gasteiger partial charge in [0.25, 0.3) is 0 Å². The Balaban J connectivity index is 1.88. The first kappa shape index (κ1) is 17.1. The van der Waals surface area contributed by atoms with E-state index in [0.29, 0.717) is 25.7 Å². The molecule has 0 spiro atoms. The van der Waals surface area contributed by atoms with Gasteiger partial charge in [-0.05, 0) is 37.8 Å². The van der Waals surface area contributed by atoms with Crippen LogP contribution >= 0.6 is 0 Å². The number of rotatable bonds is 8. The minimum atomic E-state index is -1.17. The van der Waals surface area contributed by atoms with E-state index in [1.807, 2.05) is 31.3 Å². The van der Waals surface area contributed by atoms with Crippen molar-refractivity contribution in [2.24, 2.45) is 0 Å². The van der Waals surface area contributed by atoms with Crippen molar-refractivity contribution in [2.75, 3.05) is 0 Å². The van der Waals surface area contributed by atoms with Gasteiger partial charge in [0.15, 0.2) is 0 Å². The number of carboxylic acids is 1. The van der Waals surface area contributed by atoms with Gasteiger partial charge in [-0.3, -0.25) is 4.79 Å². The van der Waals surface area contributed by atoms with Crippen LogP contribution in [0.1, 0.15) is 45.1 Å². The first-order valence-electron chi connectivity index (χ1n) is 8.05. The number of aliphatic carboxylic acids is 1. The van der Waals surface area contributed by atoms with Crippen molar-refractivity contribution in [3.63, 3.8) is 0 Å². The van der Waals surface area contributed by atoms with E-state index in [2.05, 4.69) is 16.4 Å². The highest BCUT2D eigenvalue weighted by Crippen LogP contribution is 2.19. The van der Waals surface area contributed by atoms with Crippen molar-refractivity contribution in [2.45, 2.75) is 51.5 Å². The molecule has 2 rings (SSSR count). The summed E-state index contributed by atoms with van der Waals surface area (Å²) in [5, 5.41) is 13.1. The van der Waals surface area contributed by atoms with Gasteiger partial charge in [0, 0.05) is 23.5 Å². The van der Waals surface area contributed by atoms with Crippen LogP contribution < -0.4 is 5.32 Å². The van der Waals surface area contributed by atoms with E-state index < -0.39 is 11.5 Å². The molecule has 1 aromatic carbocycles. The molecule has 0 aliphatic rings. The molecular formula is C18H24N2O3. The third-order valence-electron chi connectivity index (χ3n) is 4.16. The van der Waals surface area contributed by atoms with Crippen LogP contribution in [0.3, 0.4) is 0 Å². The maximum absolute atomic E-state index is 12.0. The van der Waals surface area contributed by atoms with Gasteiger partial charge in [0.2, 0.25) is 5.91 Å². The Labute approximate surface area is 136 Å². The van der Waals surface area contributed by atoms with Gasteiger partial charge in [0.05, 0.1) is 0 Å². The largest absolute Gasteiger partial charge is 0.480 e. The van der Waals surface area contributed by atoms with E-state index in [9.17, 15) is 14.7 Å². The Morgan fingerprint density at radius 1 is 1.30 bits per heavy atom. The van der Waals surface area contributed by atoms with Crippen molar-refractivity contribution in [1.29, 1.82) is 0 Å². The molecule has 0 saturated carbocycles. The number of carbonyl (C=O) groups excluding carboxylic acids is 1. The molecule has 124 valence electrons. The third kappa shape index (κ3) is 4.12. The normalized spacial score (nSPS) is 13.7. The quantitative estimate of drug-likeness (QED) is 0.699. The van der Waals surface area contributed by atoms with Crippen molar-refractivity contribution in [3.8, 4) is 0 Å². The van der Waals surface area contributed by atoms with Gasteiger partial charge in [0.1, 0.15) is 5.54 Å². The number of aromatic nitrogens is 1. The summed E-state index contributed by atoms with van der Waals surface area (Å²) in [6, 6.07) is 8.06. The summed E-state index contributed by atoms with van der Waals surface area (Å²) in [5.41, 5.74) is 1.10. The average molecular weight is 316 g/mol. The van der Waals surface area contributed by atoms with Gasteiger partial charge < -0.3 is 15.4 Å². The lowest BCUT2D eigenvalue weighted by Crippen LogP contribution is -2.52. The molecule has 1 atom stereocenters.